The summed E-state index contributed by atoms with van der Waals surface area (Å²) in [6.07, 6.45) is -0.719. The molecule has 0 unspecified atom stereocenters. The quantitative estimate of drug-likeness (QED) is 0.675. The van der Waals surface area contributed by atoms with Gasteiger partial charge in [0.05, 0.1) is 10.2 Å². The van der Waals surface area contributed by atoms with E-state index >= 15 is 0 Å². The molecule has 0 N–H and O–H groups in total. The van der Waals surface area contributed by atoms with Gasteiger partial charge >= 0.3 is 0 Å². The van der Waals surface area contributed by atoms with E-state index in [9.17, 15) is 4.79 Å². The van der Waals surface area contributed by atoms with Crippen molar-refractivity contribution in [1.82, 2.24) is 4.57 Å². The van der Waals surface area contributed by atoms with Crippen molar-refractivity contribution in [2.24, 2.45) is 12.0 Å². The van der Waals surface area contributed by atoms with Crippen molar-refractivity contribution in [3.8, 4) is 11.5 Å². The fourth-order valence-corrected chi connectivity index (χ4v) is 4.06. The topological polar surface area (TPSA) is 52.8 Å². The van der Waals surface area contributed by atoms with Gasteiger partial charge in [-0.05, 0) is 43.2 Å². The summed E-state index contributed by atoms with van der Waals surface area (Å²) in [5.41, 5.74) is 3.47. The van der Waals surface area contributed by atoms with E-state index in [1.807, 2.05) is 29.8 Å². The van der Waals surface area contributed by atoms with Crippen molar-refractivity contribution in [3.05, 3.63) is 52.3 Å². The number of fused-ring (bicyclic) bond motifs is 2. The van der Waals surface area contributed by atoms with Crippen LogP contribution in [0.1, 0.15) is 11.1 Å². The highest BCUT2D eigenvalue weighted by atomic mass is 32.1. The minimum absolute atomic E-state index is 0.173. The molecule has 1 aliphatic heterocycles. The summed E-state index contributed by atoms with van der Waals surface area (Å²) in [7, 11) is 1.93. The summed E-state index contributed by atoms with van der Waals surface area (Å²) in [6.45, 7) is 4.31. The van der Waals surface area contributed by atoms with Crippen LogP contribution in [-0.4, -0.2) is 23.2 Å². The molecule has 0 saturated carbocycles. The molecule has 0 fully saturated rings. The third-order valence-electron chi connectivity index (χ3n) is 4.23. The number of benzene rings is 2. The van der Waals surface area contributed by atoms with Crippen molar-refractivity contribution < 1.29 is 14.3 Å². The van der Waals surface area contributed by atoms with Crippen molar-refractivity contribution in [1.29, 1.82) is 0 Å². The molecule has 3 aromatic rings. The fourth-order valence-electron chi connectivity index (χ4n) is 2.98. The van der Waals surface area contributed by atoms with Gasteiger partial charge in [-0.25, -0.2) is 0 Å². The first-order chi connectivity index (χ1) is 12.0. The molecule has 5 nitrogen and oxygen atoms in total. The maximum absolute atomic E-state index is 12.6. The first kappa shape index (κ1) is 15.9. The van der Waals surface area contributed by atoms with E-state index in [1.54, 1.807) is 6.07 Å². The largest absolute Gasteiger partial charge is 0.485 e. The highest BCUT2D eigenvalue weighted by molar-refractivity contribution is 7.16. The van der Waals surface area contributed by atoms with Gasteiger partial charge < -0.3 is 14.0 Å². The molecule has 1 aliphatic rings. The second kappa shape index (κ2) is 6.04. The number of amides is 1. The van der Waals surface area contributed by atoms with Gasteiger partial charge in [0, 0.05) is 7.05 Å². The Kier molecular flexibility index (Phi) is 3.84. The molecule has 1 amide bonds. The Bertz CT molecular complexity index is 1050. The number of para-hydroxylation sites is 2. The summed E-state index contributed by atoms with van der Waals surface area (Å²) in [5, 5.41) is 0. The highest BCUT2D eigenvalue weighted by Crippen LogP contribution is 2.31. The van der Waals surface area contributed by atoms with Crippen molar-refractivity contribution in [2.45, 2.75) is 20.0 Å². The van der Waals surface area contributed by atoms with Gasteiger partial charge in [-0.15, -0.1) is 0 Å². The van der Waals surface area contributed by atoms with Crippen molar-refractivity contribution in [3.63, 3.8) is 0 Å². The smallest absolute Gasteiger partial charge is 0.292 e. The Morgan fingerprint density at radius 3 is 2.80 bits per heavy atom. The first-order valence-electron chi connectivity index (χ1n) is 8.07. The zero-order chi connectivity index (χ0) is 17.6. The zero-order valence-electron chi connectivity index (χ0n) is 14.3. The molecule has 0 radical (unpaired) electrons. The van der Waals surface area contributed by atoms with Gasteiger partial charge in [0.15, 0.2) is 16.3 Å². The van der Waals surface area contributed by atoms with Crippen LogP contribution in [0.25, 0.3) is 10.2 Å². The predicted octanol–water partition coefficient (Wildman–Crippen LogP) is 3.12. The lowest BCUT2D eigenvalue weighted by atomic mass is 10.1. The summed E-state index contributed by atoms with van der Waals surface area (Å²) >= 11 is 1.52. The fraction of sp³-hybridized carbons (Fsp3) is 0.263. The Balaban J connectivity index is 1.70. The van der Waals surface area contributed by atoms with Gasteiger partial charge in [0.2, 0.25) is 6.10 Å². The third-order valence-corrected chi connectivity index (χ3v) is 5.51. The summed E-state index contributed by atoms with van der Waals surface area (Å²) in [4.78, 5) is 17.5. The number of rotatable bonds is 1. The van der Waals surface area contributed by atoms with Crippen LogP contribution >= 0.6 is 11.3 Å². The number of ether oxygens (including phenoxy) is 2. The maximum atomic E-state index is 12.6. The standard InChI is InChI=1S/C19H18N2O3S/c1-11-8-12(2)17-13(9-11)21(3)19(25-17)20-18(22)16-10-23-14-6-4-5-7-15(14)24-16/h4-9,16H,10H2,1-3H3/t16-/m0/s1. The van der Waals surface area contributed by atoms with Crippen LogP contribution in [0.2, 0.25) is 0 Å². The molecule has 4 rings (SSSR count). The Labute approximate surface area is 149 Å². The van der Waals surface area contributed by atoms with Crippen LogP contribution in [0.5, 0.6) is 11.5 Å². The van der Waals surface area contributed by atoms with Crippen LogP contribution < -0.4 is 14.3 Å². The number of carbonyl (C=O) groups excluding carboxylic acids is 1. The number of aromatic nitrogens is 1. The molecule has 6 heteroatoms. The van der Waals surface area contributed by atoms with E-state index in [0.717, 1.165) is 10.2 Å². The van der Waals surface area contributed by atoms with Gasteiger partial charge in [0.25, 0.3) is 5.91 Å². The second-order valence-electron chi connectivity index (χ2n) is 6.19. The molecule has 0 spiro atoms. The molecule has 2 heterocycles. The Morgan fingerprint density at radius 2 is 2.00 bits per heavy atom. The summed E-state index contributed by atoms with van der Waals surface area (Å²) in [6, 6.07) is 11.6. The normalized spacial score (nSPS) is 17.1. The van der Waals surface area contributed by atoms with Crippen LogP contribution in [0.15, 0.2) is 41.4 Å². The van der Waals surface area contributed by atoms with Crippen molar-refractivity contribution in [2.75, 3.05) is 6.61 Å². The highest BCUT2D eigenvalue weighted by Gasteiger charge is 2.27. The average Bonchev–Trinajstić information content (AvgIpc) is 2.91. The Hall–Kier alpha value is -2.60. The lowest BCUT2D eigenvalue weighted by Crippen LogP contribution is -2.36. The number of thiazole rings is 1. The molecule has 128 valence electrons. The number of hydrogen-bond acceptors (Lipinski definition) is 4. The lowest BCUT2D eigenvalue weighted by molar-refractivity contribution is -0.127. The van der Waals surface area contributed by atoms with Gasteiger partial charge in [-0.3, -0.25) is 4.79 Å². The monoisotopic (exact) mass is 354 g/mol. The van der Waals surface area contributed by atoms with Crippen LogP contribution in [0.3, 0.4) is 0 Å². The second-order valence-corrected chi connectivity index (χ2v) is 7.17. The third kappa shape index (κ3) is 2.82. The molecule has 0 bridgehead atoms. The summed E-state index contributed by atoms with van der Waals surface area (Å²) in [5.74, 6) is 0.908. The molecular weight excluding hydrogens is 336 g/mol. The molecule has 1 aromatic heterocycles. The van der Waals surface area contributed by atoms with E-state index in [1.165, 1.54) is 22.5 Å². The molecular formula is C19H18N2O3S. The number of nitrogens with zero attached hydrogens (tertiary/aromatic N) is 2. The summed E-state index contributed by atoms with van der Waals surface area (Å²) < 4.78 is 14.5. The van der Waals surface area contributed by atoms with E-state index < -0.39 is 6.10 Å². The maximum Gasteiger partial charge on any atom is 0.292 e. The number of hydrogen-bond donors (Lipinski definition) is 0. The minimum atomic E-state index is -0.719. The van der Waals surface area contributed by atoms with E-state index in [-0.39, 0.29) is 12.5 Å². The molecule has 0 aliphatic carbocycles. The molecule has 1 atom stereocenters. The van der Waals surface area contributed by atoms with Gasteiger partial charge in [-0.2, -0.15) is 4.99 Å². The van der Waals surface area contributed by atoms with Crippen LogP contribution in [0.4, 0.5) is 0 Å². The first-order valence-corrected chi connectivity index (χ1v) is 8.88. The van der Waals surface area contributed by atoms with E-state index in [4.69, 9.17) is 9.47 Å². The van der Waals surface area contributed by atoms with Crippen molar-refractivity contribution >= 4 is 27.5 Å². The molecule has 2 aromatic carbocycles. The average molecular weight is 354 g/mol. The number of carbonyl (C=O) groups is 1. The van der Waals surface area contributed by atoms with E-state index in [0.29, 0.717) is 16.3 Å². The predicted molar refractivity (Wildman–Crippen MR) is 97.2 cm³/mol. The molecule has 25 heavy (non-hydrogen) atoms. The number of aryl methyl sites for hydroxylation is 3. The van der Waals surface area contributed by atoms with Gasteiger partial charge in [-0.1, -0.05) is 29.5 Å². The lowest BCUT2D eigenvalue weighted by Gasteiger charge is -2.23. The van der Waals surface area contributed by atoms with Crippen LogP contribution in [0, 0.1) is 13.8 Å². The SMILES string of the molecule is Cc1cc(C)c2sc(=NC(=O)[C@@H]3COc4ccccc4O3)n(C)c2c1. The zero-order valence-corrected chi connectivity index (χ0v) is 15.1. The minimum Gasteiger partial charge on any atom is -0.485 e. The van der Waals surface area contributed by atoms with Crippen LogP contribution in [-0.2, 0) is 11.8 Å². The van der Waals surface area contributed by atoms with Gasteiger partial charge in [0.1, 0.15) is 6.61 Å². The Morgan fingerprint density at radius 1 is 1.24 bits per heavy atom. The molecule has 0 saturated heterocycles. The van der Waals surface area contributed by atoms with E-state index in [2.05, 4.69) is 31.0 Å².